The van der Waals surface area contributed by atoms with Crippen molar-refractivity contribution in [2.24, 2.45) is 5.92 Å². The Morgan fingerprint density at radius 2 is 1.74 bits per heavy atom. The van der Waals surface area contributed by atoms with Crippen LogP contribution >= 0.6 is 0 Å². The molecule has 3 heterocycles. The normalized spacial score (nSPS) is 19.1. The van der Waals surface area contributed by atoms with E-state index >= 15 is 0 Å². The molecule has 0 unspecified atom stereocenters. The summed E-state index contributed by atoms with van der Waals surface area (Å²) in [5, 5.41) is 13.3. The van der Waals surface area contributed by atoms with Gasteiger partial charge in [-0.05, 0) is 47.4 Å². The minimum absolute atomic E-state index is 0.0450. The number of nitrogens with one attached hydrogen (secondary N) is 2. The average molecular weight is 581 g/mol. The maximum atomic E-state index is 14.3. The minimum atomic E-state index is -1.15. The highest BCUT2D eigenvalue weighted by molar-refractivity contribution is 6.24. The van der Waals surface area contributed by atoms with Gasteiger partial charge >= 0.3 is 12.0 Å². The summed E-state index contributed by atoms with van der Waals surface area (Å²) in [6.45, 7) is 3.59. The summed E-state index contributed by atoms with van der Waals surface area (Å²) in [6.07, 6.45) is 0.844. The van der Waals surface area contributed by atoms with E-state index in [4.69, 9.17) is 4.74 Å². The molecule has 0 saturated carbocycles. The van der Waals surface area contributed by atoms with E-state index in [9.17, 15) is 24.3 Å². The van der Waals surface area contributed by atoms with Gasteiger partial charge in [-0.25, -0.2) is 14.5 Å². The van der Waals surface area contributed by atoms with Crippen LogP contribution in [0.2, 0.25) is 0 Å². The number of aliphatic carboxylic acids is 1. The monoisotopic (exact) mass is 580 g/mol. The summed E-state index contributed by atoms with van der Waals surface area (Å²) in [6, 6.07) is 18.4. The summed E-state index contributed by atoms with van der Waals surface area (Å²) in [7, 11) is 1.58. The zero-order valence-corrected chi connectivity index (χ0v) is 24.0. The van der Waals surface area contributed by atoms with Crippen LogP contribution in [-0.2, 0) is 16.0 Å². The van der Waals surface area contributed by atoms with Crippen molar-refractivity contribution < 1.29 is 29.0 Å². The number of carboxylic acids is 1. The molecule has 10 nitrogen and oxygen atoms in total. The number of urea groups is 1. The molecule has 1 saturated heterocycles. The first-order valence-corrected chi connectivity index (χ1v) is 14.3. The van der Waals surface area contributed by atoms with Gasteiger partial charge in [0.2, 0.25) is 0 Å². The van der Waals surface area contributed by atoms with Crippen LogP contribution < -0.4 is 15.0 Å². The van der Waals surface area contributed by atoms with Crippen LogP contribution in [0.25, 0.3) is 10.9 Å². The van der Waals surface area contributed by atoms with Crippen molar-refractivity contribution in [3.63, 3.8) is 0 Å². The molecule has 3 N–H and O–H groups in total. The van der Waals surface area contributed by atoms with Crippen molar-refractivity contribution in [3.8, 4) is 5.75 Å². The number of amides is 4. The van der Waals surface area contributed by atoms with Crippen LogP contribution in [0.15, 0.2) is 72.8 Å². The molecular formula is C33H32N4O6. The third kappa shape index (κ3) is 4.59. The molecule has 4 aromatic rings. The molecule has 2 aliphatic rings. The van der Waals surface area contributed by atoms with Crippen LogP contribution in [-0.4, -0.2) is 58.0 Å². The number of hydrogen-bond donors (Lipinski definition) is 3. The molecule has 0 aliphatic carbocycles. The second kappa shape index (κ2) is 10.9. The molecule has 0 radical (unpaired) electrons. The second-order valence-electron chi connectivity index (χ2n) is 11.0. The summed E-state index contributed by atoms with van der Waals surface area (Å²) in [5.41, 5.74) is 3.66. The maximum Gasteiger partial charge on any atom is 0.332 e. The smallest absolute Gasteiger partial charge is 0.332 e. The van der Waals surface area contributed by atoms with Gasteiger partial charge in [0, 0.05) is 23.0 Å². The zero-order valence-electron chi connectivity index (χ0n) is 24.0. The Morgan fingerprint density at radius 1 is 1.05 bits per heavy atom. The van der Waals surface area contributed by atoms with Crippen LogP contribution in [0.1, 0.15) is 53.5 Å². The standard InChI is InChI=1S/C33H32N4O6/c1-4-18(2)27(32(40)41)35-30(38)22-10-6-8-12-25(22)37-31(39)26-17-23-21-9-5-7-11-24(21)34-28(23)29(36(26)33(37)42)19-13-15-20(43-3)16-14-19/h5-16,18,26-27,29,34H,4,17H2,1-3H3,(H,35,38)(H,40,41)/t18-,26+,27+,29+/m1/s1. The van der Waals surface area contributed by atoms with E-state index in [0.717, 1.165) is 32.6 Å². The fourth-order valence-corrected chi connectivity index (χ4v) is 6.19. The van der Waals surface area contributed by atoms with Crippen LogP contribution in [0.5, 0.6) is 5.75 Å². The molecule has 4 amide bonds. The third-order valence-corrected chi connectivity index (χ3v) is 8.64. The Balaban J connectivity index is 1.43. The number of rotatable bonds is 8. The molecular weight excluding hydrogens is 548 g/mol. The molecule has 43 heavy (non-hydrogen) atoms. The van der Waals surface area contributed by atoms with Crippen LogP contribution in [0.4, 0.5) is 10.5 Å². The molecule has 3 aromatic carbocycles. The number of carboxylic acid groups (broad SMARTS) is 1. The first kappa shape index (κ1) is 28.0. The molecule has 10 heteroatoms. The predicted molar refractivity (Wildman–Crippen MR) is 160 cm³/mol. The molecule has 2 aliphatic heterocycles. The number of fused-ring (bicyclic) bond motifs is 4. The maximum absolute atomic E-state index is 14.3. The van der Waals surface area contributed by atoms with E-state index in [0.29, 0.717) is 18.6 Å². The minimum Gasteiger partial charge on any atom is -0.497 e. The van der Waals surface area contributed by atoms with Gasteiger partial charge in [0.1, 0.15) is 23.9 Å². The average Bonchev–Trinajstić information content (AvgIpc) is 3.52. The van der Waals surface area contributed by atoms with Crippen molar-refractivity contribution in [1.29, 1.82) is 0 Å². The summed E-state index contributed by atoms with van der Waals surface area (Å²) in [5.74, 6) is -1.93. The number of H-pyrrole nitrogens is 1. The fraction of sp³-hybridized carbons (Fsp3) is 0.273. The first-order valence-electron chi connectivity index (χ1n) is 14.3. The molecule has 1 fully saturated rings. The zero-order chi connectivity index (χ0) is 30.4. The van der Waals surface area contributed by atoms with Gasteiger partial charge in [-0.1, -0.05) is 62.7 Å². The lowest BCUT2D eigenvalue weighted by molar-refractivity contribution is -0.140. The number of ether oxygens (including phenoxy) is 1. The van der Waals surface area contributed by atoms with Gasteiger partial charge in [-0.3, -0.25) is 14.5 Å². The Kier molecular flexibility index (Phi) is 7.13. The SMILES string of the molecule is CC[C@@H](C)[C@H](NC(=O)c1ccccc1N1C(=O)[C@@H]2Cc3c([nH]c4ccccc34)[C@H](c3ccc(OC)cc3)N2C1=O)C(=O)O. The number of carbonyl (C=O) groups excluding carboxylic acids is 3. The number of aromatic nitrogens is 1. The summed E-state index contributed by atoms with van der Waals surface area (Å²) >= 11 is 0. The quantitative estimate of drug-likeness (QED) is 0.254. The first-order chi connectivity index (χ1) is 20.7. The Bertz CT molecular complexity index is 1750. The lowest BCUT2D eigenvalue weighted by atomic mass is 9.89. The number of para-hydroxylation sites is 2. The van der Waals surface area contributed by atoms with Crippen LogP contribution in [0.3, 0.4) is 0 Å². The number of hydrogen-bond acceptors (Lipinski definition) is 5. The lowest BCUT2D eigenvalue weighted by Gasteiger charge is -2.36. The second-order valence-corrected chi connectivity index (χ2v) is 11.0. The number of anilines is 1. The molecule has 4 atom stereocenters. The van der Waals surface area contributed by atoms with E-state index in [-0.39, 0.29) is 17.2 Å². The number of aromatic amines is 1. The number of nitrogens with zero attached hydrogens (tertiary/aromatic N) is 2. The summed E-state index contributed by atoms with van der Waals surface area (Å²) in [4.78, 5) is 60.0. The van der Waals surface area contributed by atoms with E-state index < -0.39 is 41.9 Å². The number of benzene rings is 3. The number of carbonyl (C=O) groups is 4. The van der Waals surface area contributed by atoms with E-state index in [1.54, 1.807) is 37.1 Å². The van der Waals surface area contributed by atoms with E-state index in [1.165, 1.54) is 6.07 Å². The Labute approximate surface area is 248 Å². The van der Waals surface area contributed by atoms with Crippen molar-refractivity contribution in [1.82, 2.24) is 15.2 Å². The Morgan fingerprint density at radius 3 is 2.44 bits per heavy atom. The largest absolute Gasteiger partial charge is 0.497 e. The van der Waals surface area contributed by atoms with Crippen molar-refractivity contribution in [3.05, 3.63) is 95.2 Å². The highest BCUT2D eigenvalue weighted by atomic mass is 16.5. The number of methoxy groups -OCH3 is 1. The van der Waals surface area contributed by atoms with E-state index in [2.05, 4.69) is 10.3 Å². The van der Waals surface area contributed by atoms with E-state index in [1.807, 2.05) is 55.5 Å². The molecule has 0 bridgehead atoms. The predicted octanol–water partition coefficient (Wildman–Crippen LogP) is 4.89. The van der Waals surface area contributed by atoms with Gasteiger partial charge in [-0.2, -0.15) is 0 Å². The Hall–Kier alpha value is -5.12. The molecule has 0 spiro atoms. The molecule has 1 aromatic heterocycles. The van der Waals surface area contributed by atoms with Gasteiger partial charge in [0.25, 0.3) is 11.8 Å². The molecule has 220 valence electrons. The topological polar surface area (TPSA) is 132 Å². The molecule has 6 rings (SSSR count). The van der Waals surface area contributed by atoms with Gasteiger partial charge in [0.15, 0.2) is 0 Å². The van der Waals surface area contributed by atoms with Crippen molar-refractivity contribution >= 4 is 40.4 Å². The fourth-order valence-electron chi connectivity index (χ4n) is 6.19. The van der Waals surface area contributed by atoms with Crippen molar-refractivity contribution in [2.45, 2.75) is 44.8 Å². The lowest BCUT2D eigenvalue weighted by Crippen LogP contribution is -2.45. The highest BCUT2D eigenvalue weighted by Crippen LogP contribution is 2.45. The number of imide groups is 1. The van der Waals surface area contributed by atoms with Crippen molar-refractivity contribution in [2.75, 3.05) is 12.0 Å². The van der Waals surface area contributed by atoms with Gasteiger partial charge < -0.3 is 20.1 Å². The highest BCUT2D eigenvalue weighted by Gasteiger charge is 2.53. The van der Waals surface area contributed by atoms with Gasteiger partial charge in [-0.15, -0.1) is 0 Å². The van der Waals surface area contributed by atoms with Crippen LogP contribution in [0, 0.1) is 5.92 Å². The third-order valence-electron chi connectivity index (χ3n) is 8.64. The summed E-state index contributed by atoms with van der Waals surface area (Å²) < 4.78 is 5.35. The van der Waals surface area contributed by atoms with Gasteiger partial charge in [0.05, 0.1) is 18.4 Å².